The van der Waals surface area contributed by atoms with Crippen LogP contribution in [0.3, 0.4) is 0 Å². The quantitative estimate of drug-likeness (QED) is 0.453. The van der Waals surface area contributed by atoms with Crippen molar-refractivity contribution in [1.82, 2.24) is 0 Å². The summed E-state index contributed by atoms with van der Waals surface area (Å²) in [6.07, 6.45) is 1.05. The van der Waals surface area contributed by atoms with Gasteiger partial charge in [0.15, 0.2) is 0 Å². The normalized spacial score (nSPS) is 31.5. The van der Waals surface area contributed by atoms with Crippen LogP contribution in [-0.2, 0) is 4.43 Å². The van der Waals surface area contributed by atoms with Gasteiger partial charge in [0.1, 0.15) is 0 Å². The number of hydrogen-bond donors (Lipinski definition) is 0. The maximum Gasteiger partial charge on any atom is 0.389 e. The van der Waals surface area contributed by atoms with Crippen molar-refractivity contribution >= 4 is 29.1 Å². The third-order valence-corrected chi connectivity index (χ3v) is 6.31. The number of halogens is 2. The molecule has 72 valence electrons. The molecular weight excluding hydrogens is 211 g/mol. The molecule has 1 saturated heterocycles. The predicted octanol–water partition coefficient (Wildman–Crippen LogP) is 3.63. The summed E-state index contributed by atoms with van der Waals surface area (Å²) in [7, 11) is 0. The third kappa shape index (κ3) is 1.98. The average Bonchev–Trinajstić information content (AvgIpc) is 1.79. The van der Waals surface area contributed by atoms with Crippen molar-refractivity contribution in [1.29, 1.82) is 0 Å². The molecule has 0 saturated carbocycles. The fourth-order valence-electron chi connectivity index (χ4n) is 1.32. The lowest BCUT2D eigenvalue weighted by Crippen LogP contribution is -2.52. The van der Waals surface area contributed by atoms with Gasteiger partial charge in [0.2, 0.25) is 0 Å². The topological polar surface area (TPSA) is 9.23 Å². The molecule has 0 aromatic carbocycles. The lowest BCUT2D eigenvalue weighted by Gasteiger charge is -2.49. The molecule has 0 N–H and O–H groups in total. The Morgan fingerprint density at radius 2 is 1.67 bits per heavy atom. The summed E-state index contributed by atoms with van der Waals surface area (Å²) in [5.41, 5.74) is -0.0196. The first-order valence-electron chi connectivity index (χ1n) is 4.24. The average molecular weight is 227 g/mol. The van der Waals surface area contributed by atoms with Crippen molar-refractivity contribution in [2.24, 2.45) is 5.41 Å². The van der Waals surface area contributed by atoms with E-state index in [0.717, 1.165) is 12.5 Å². The van der Waals surface area contributed by atoms with Gasteiger partial charge in [-0.3, -0.25) is 0 Å². The van der Waals surface area contributed by atoms with Crippen molar-refractivity contribution in [3.63, 3.8) is 0 Å². The zero-order chi connectivity index (χ0) is 9.62. The Bertz CT molecular complexity index is 189. The predicted molar refractivity (Wildman–Crippen MR) is 55.8 cm³/mol. The Kier molecular flexibility index (Phi) is 2.59. The summed E-state index contributed by atoms with van der Waals surface area (Å²) in [6, 6.07) is 0.840. The van der Waals surface area contributed by atoms with Gasteiger partial charge in [-0.1, -0.05) is 13.8 Å². The van der Waals surface area contributed by atoms with Gasteiger partial charge in [-0.05, 0) is 31.7 Å². The van der Waals surface area contributed by atoms with E-state index >= 15 is 0 Å². The molecule has 1 heterocycles. The van der Waals surface area contributed by atoms with E-state index in [1.807, 2.05) is 0 Å². The molecule has 0 atom stereocenters. The van der Waals surface area contributed by atoms with Gasteiger partial charge in [0.05, 0.1) is 5.60 Å². The van der Waals surface area contributed by atoms with Crippen LogP contribution in [0.2, 0.25) is 6.04 Å². The van der Waals surface area contributed by atoms with E-state index in [-0.39, 0.29) is 11.0 Å². The summed E-state index contributed by atoms with van der Waals surface area (Å²) in [5.74, 6) is 0. The lowest BCUT2D eigenvalue weighted by molar-refractivity contribution is -0.0321. The molecule has 4 heteroatoms. The molecule has 1 rings (SSSR count). The van der Waals surface area contributed by atoms with E-state index in [9.17, 15) is 0 Å². The van der Waals surface area contributed by atoms with Crippen LogP contribution in [0, 0.1) is 5.41 Å². The van der Waals surface area contributed by atoms with E-state index in [1.165, 1.54) is 0 Å². The van der Waals surface area contributed by atoms with E-state index in [2.05, 4.69) is 27.7 Å². The Morgan fingerprint density at radius 1 is 1.17 bits per heavy atom. The molecular formula is C8H16Cl2OSi. The Labute approximate surface area is 84.9 Å². The molecule has 1 aliphatic rings. The highest BCUT2D eigenvalue weighted by molar-refractivity contribution is 7.42. The van der Waals surface area contributed by atoms with Gasteiger partial charge in [0, 0.05) is 0 Å². The first kappa shape index (κ1) is 10.8. The molecule has 0 amide bonds. The van der Waals surface area contributed by atoms with Gasteiger partial charge >= 0.3 is 6.94 Å². The van der Waals surface area contributed by atoms with Gasteiger partial charge < -0.3 is 4.43 Å². The zero-order valence-corrected chi connectivity index (χ0v) is 10.6. The van der Waals surface area contributed by atoms with Gasteiger partial charge in [0.25, 0.3) is 0 Å². The zero-order valence-electron chi connectivity index (χ0n) is 8.08. The number of hydrogen-bond acceptors (Lipinski definition) is 1. The summed E-state index contributed by atoms with van der Waals surface area (Å²) >= 11 is 12.1. The van der Waals surface area contributed by atoms with Crippen LogP contribution >= 0.6 is 22.2 Å². The van der Waals surface area contributed by atoms with E-state index in [4.69, 9.17) is 26.6 Å². The van der Waals surface area contributed by atoms with Gasteiger partial charge in [-0.2, -0.15) is 0 Å². The van der Waals surface area contributed by atoms with Crippen molar-refractivity contribution in [3.05, 3.63) is 0 Å². The lowest BCUT2D eigenvalue weighted by atomic mass is 9.75. The molecule has 0 bridgehead atoms. The van der Waals surface area contributed by atoms with Crippen LogP contribution in [0.5, 0.6) is 0 Å². The second-order valence-corrected chi connectivity index (χ2v) is 10.9. The fourth-order valence-corrected chi connectivity index (χ4v) is 5.09. The third-order valence-electron chi connectivity index (χ3n) is 3.08. The van der Waals surface area contributed by atoms with Crippen LogP contribution in [0.25, 0.3) is 0 Å². The molecule has 1 fully saturated rings. The maximum absolute atomic E-state index is 6.07. The highest BCUT2D eigenvalue weighted by Crippen LogP contribution is 2.48. The monoisotopic (exact) mass is 226 g/mol. The molecule has 0 spiro atoms. The molecule has 0 radical (unpaired) electrons. The van der Waals surface area contributed by atoms with Crippen LogP contribution in [0.15, 0.2) is 0 Å². The summed E-state index contributed by atoms with van der Waals surface area (Å²) in [4.78, 5) is 0. The minimum atomic E-state index is -2.37. The summed E-state index contributed by atoms with van der Waals surface area (Å²) < 4.78 is 5.75. The molecule has 0 unspecified atom stereocenters. The van der Waals surface area contributed by atoms with Crippen molar-refractivity contribution in [2.45, 2.75) is 45.8 Å². The van der Waals surface area contributed by atoms with Crippen LogP contribution in [-0.4, -0.2) is 12.5 Å². The van der Waals surface area contributed by atoms with E-state index < -0.39 is 6.94 Å². The maximum atomic E-state index is 6.07. The minimum absolute atomic E-state index is 0.174. The van der Waals surface area contributed by atoms with Crippen LogP contribution in [0.1, 0.15) is 34.1 Å². The van der Waals surface area contributed by atoms with Gasteiger partial charge in [-0.25, -0.2) is 0 Å². The number of rotatable bonds is 0. The van der Waals surface area contributed by atoms with E-state index in [0.29, 0.717) is 0 Å². The second kappa shape index (κ2) is 2.87. The summed E-state index contributed by atoms with van der Waals surface area (Å²) in [6.45, 7) is 6.16. The summed E-state index contributed by atoms with van der Waals surface area (Å²) in [5, 5.41) is 0. The Hall–Kier alpha value is 0.757. The second-order valence-electron chi connectivity index (χ2n) is 4.63. The standard InChI is InChI=1S/C8H16Cl2OSi/c1-7(2)5-6-12(9,10)11-8(7,3)4/h5-6H2,1-4H3. The highest BCUT2D eigenvalue weighted by Gasteiger charge is 2.50. The molecule has 0 aromatic heterocycles. The largest absolute Gasteiger partial charge is 0.389 e. The molecule has 12 heavy (non-hydrogen) atoms. The van der Waals surface area contributed by atoms with E-state index in [1.54, 1.807) is 0 Å². The van der Waals surface area contributed by atoms with Crippen molar-refractivity contribution in [2.75, 3.05) is 0 Å². The Morgan fingerprint density at radius 3 is 2.00 bits per heavy atom. The fraction of sp³-hybridized carbons (Fsp3) is 1.00. The molecule has 1 nitrogen and oxygen atoms in total. The molecule has 0 aromatic rings. The first-order chi connectivity index (χ1) is 5.16. The smallest absolute Gasteiger partial charge is 0.386 e. The molecule has 0 aliphatic carbocycles. The van der Waals surface area contributed by atoms with Crippen LogP contribution < -0.4 is 0 Å². The minimum Gasteiger partial charge on any atom is -0.386 e. The van der Waals surface area contributed by atoms with Crippen molar-refractivity contribution in [3.8, 4) is 0 Å². The first-order valence-corrected chi connectivity index (χ1v) is 8.38. The van der Waals surface area contributed by atoms with Crippen molar-refractivity contribution < 1.29 is 4.43 Å². The highest BCUT2D eigenvalue weighted by atomic mass is 35.7. The van der Waals surface area contributed by atoms with Crippen LogP contribution in [0.4, 0.5) is 0 Å². The van der Waals surface area contributed by atoms with Gasteiger partial charge in [-0.15, -0.1) is 22.2 Å². The molecule has 1 aliphatic heterocycles. The Balaban J connectivity index is 2.82. The SMILES string of the molecule is CC1(C)CC[Si](Cl)(Cl)OC1(C)C.